The standard InChI is InChI=1S/C19H16FN7O2S3/c1-11-23-25-18(32-11)22-16(28)10-31-19-26-24-15(9-21-17(29)14-3-2-8-30-14)27(19)13-6-4-12(20)5-7-13/h2-8H,9-10H2,1H3,(H,21,29)(H,22,25,28). The van der Waals surface area contributed by atoms with E-state index in [4.69, 9.17) is 0 Å². The summed E-state index contributed by atoms with van der Waals surface area (Å²) in [5.41, 5.74) is 0.611. The van der Waals surface area contributed by atoms with Gasteiger partial charge in [-0.15, -0.1) is 31.7 Å². The van der Waals surface area contributed by atoms with Crippen molar-refractivity contribution in [1.82, 2.24) is 30.3 Å². The van der Waals surface area contributed by atoms with Crippen LogP contribution < -0.4 is 10.6 Å². The van der Waals surface area contributed by atoms with Crippen molar-refractivity contribution in [3.8, 4) is 5.69 Å². The molecule has 1 aromatic carbocycles. The van der Waals surface area contributed by atoms with Crippen molar-refractivity contribution in [2.75, 3.05) is 11.1 Å². The van der Waals surface area contributed by atoms with Crippen molar-refractivity contribution in [3.63, 3.8) is 0 Å². The molecule has 0 bridgehead atoms. The number of hydrogen-bond donors (Lipinski definition) is 2. The molecule has 13 heteroatoms. The molecule has 2 N–H and O–H groups in total. The first-order valence-corrected chi connectivity index (χ1v) is 11.9. The predicted octanol–water partition coefficient (Wildman–Crippen LogP) is 3.29. The molecule has 0 saturated carbocycles. The van der Waals surface area contributed by atoms with Gasteiger partial charge >= 0.3 is 0 Å². The van der Waals surface area contributed by atoms with Crippen LogP contribution in [0, 0.1) is 12.7 Å². The molecule has 3 aromatic heterocycles. The predicted molar refractivity (Wildman–Crippen MR) is 121 cm³/mol. The van der Waals surface area contributed by atoms with Gasteiger partial charge in [-0.2, -0.15) is 0 Å². The first kappa shape index (κ1) is 22.0. The highest BCUT2D eigenvalue weighted by atomic mass is 32.2. The second-order valence-electron chi connectivity index (χ2n) is 6.33. The van der Waals surface area contributed by atoms with E-state index in [0.717, 1.165) is 16.8 Å². The highest BCUT2D eigenvalue weighted by Crippen LogP contribution is 2.23. The number of rotatable bonds is 8. The third-order valence-corrected chi connectivity index (χ3v) is 6.59. The minimum atomic E-state index is -0.379. The molecule has 4 rings (SSSR count). The van der Waals surface area contributed by atoms with E-state index in [9.17, 15) is 14.0 Å². The summed E-state index contributed by atoms with van der Waals surface area (Å²) >= 11 is 3.78. The molecule has 4 aromatic rings. The number of nitrogens with zero attached hydrogens (tertiary/aromatic N) is 5. The lowest BCUT2D eigenvalue weighted by Crippen LogP contribution is -2.24. The number of halogens is 1. The molecule has 0 fully saturated rings. The summed E-state index contributed by atoms with van der Waals surface area (Å²) in [6, 6.07) is 9.33. The monoisotopic (exact) mass is 489 g/mol. The number of anilines is 1. The van der Waals surface area contributed by atoms with E-state index in [2.05, 4.69) is 31.0 Å². The second kappa shape index (κ2) is 9.97. The Labute approximate surface area is 194 Å². The number of hydrogen-bond acceptors (Lipinski definition) is 9. The van der Waals surface area contributed by atoms with Crippen LogP contribution in [0.5, 0.6) is 0 Å². The molecule has 164 valence electrons. The van der Waals surface area contributed by atoms with Gasteiger partial charge < -0.3 is 5.32 Å². The zero-order valence-corrected chi connectivity index (χ0v) is 19.1. The van der Waals surface area contributed by atoms with Crippen molar-refractivity contribution in [3.05, 3.63) is 63.3 Å². The average Bonchev–Trinajstić information content (AvgIpc) is 3.53. The van der Waals surface area contributed by atoms with Crippen LogP contribution in [-0.4, -0.2) is 42.5 Å². The smallest absolute Gasteiger partial charge is 0.261 e. The van der Waals surface area contributed by atoms with Crippen molar-refractivity contribution in [2.24, 2.45) is 0 Å². The number of nitrogens with one attached hydrogen (secondary N) is 2. The third kappa shape index (κ3) is 5.36. The largest absolute Gasteiger partial charge is 0.344 e. The van der Waals surface area contributed by atoms with Gasteiger partial charge in [-0.1, -0.05) is 29.2 Å². The maximum absolute atomic E-state index is 13.4. The molecule has 0 aliphatic heterocycles. The van der Waals surface area contributed by atoms with Crippen molar-refractivity contribution < 1.29 is 14.0 Å². The minimum absolute atomic E-state index is 0.0551. The zero-order valence-electron chi connectivity index (χ0n) is 16.6. The fourth-order valence-corrected chi connectivity index (χ4v) is 4.66. The highest BCUT2D eigenvalue weighted by molar-refractivity contribution is 7.99. The van der Waals surface area contributed by atoms with Gasteiger partial charge in [0.05, 0.1) is 17.2 Å². The van der Waals surface area contributed by atoms with Crippen LogP contribution in [0.4, 0.5) is 9.52 Å². The Balaban J connectivity index is 1.50. The molecule has 2 amide bonds. The van der Waals surface area contributed by atoms with Crippen LogP contribution in [0.1, 0.15) is 20.5 Å². The summed E-state index contributed by atoms with van der Waals surface area (Å²) < 4.78 is 15.1. The molecular weight excluding hydrogens is 473 g/mol. The Hall–Kier alpha value is -3.16. The summed E-state index contributed by atoms with van der Waals surface area (Å²) in [4.78, 5) is 25.2. The fraction of sp³-hybridized carbons (Fsp3) is 0.158. The maximum Gasteiger partial charge on any atom is 0.261 e. The van der Waals surface area contributed by atoms with Crippen LogP contribution >= 0.6 is 34.4 Å². The summed E-state index contributed by atoms with van der Waals surface area (Å²) in [5.74, 6) is -0.374. The number of aromatic nitrogens is 5. The first-order valence-electron chi connectivity index (χ1n) is 9.24. The summed E-state index contributed by atoms with van der Waals surface area (Å²) in [7, 11) is 0. The van der Waals surface area contributed by atoms with E-state index in [0.29, 0.717) is 26.7 Å². The van der Waals surface area contributed by atoms with Gasteiger partial charge in [0.1, 0.15) is 10.8 Å². The number of carbonyl (C=O) groups is 2. The molecule has 0 unspecified atom stereocenters. The van der Waals surface area contributed by atoms with Gasteiger partial charge in [0, 0.05) is 5.69 Å². The summed E-state index contributed by atoms with van der Waals surface area (Å²) in [6.45, 7) is 1.91. The molecule has 3 heterocycles. The SMILES string of the molecule is Cc1nnc(NC(=O)CSc2nnc(CNC(=O)c3cccs3)n2-c2ccc(F)cc2)s1. The number of aryl methyl sites for hydroxylation is 1. The van der Waals surface area contributed by atoms with E-state index in [1.165, 1.54) is 34.8 Å². The lowest BCUT2D eigenvalue weighted by Gasteiger charge is -2.11. The van der Waals surface area contributed by atoms with Crippen molar-refractivity contribution >= 4 is 51.4 Å². The number of thioether (sulfide) groups is 1. The molecule has 0 atom stereocenters. The number of carbonyl (C=O) groups excluding carboxylic acids is 2. The second-order valence-corrected chi connectivity index (χ2v) is 9.41. The van der Waals surface area contributed by atoms with Crippen LogP contribution in [0.15, 0.2) is 46.9 Å². The maximum atomic E-state index is 13.4. The lowest BCUT2D eigenvalue weighted by molar-refractivity contribution is -0.113. The number of thiophene rings is 1. The van der Waals surface area contributed by atoms with Gasteiger partial charge in [-0.05, 0) is 42.6 Å². The first-order chi connectivity index (χ1) is 15.5. The Bertz CT molecular complexity index is 1220. The van der Waals surface area contributed by atoms with E-state index in [1.807, 2.05) is 5.38 Å². The Kier molecular flexibility index (Phi) is 6.87. The molecule has 0 aliphatic carbocycles. The molecular formula is C19H16FN7O2S3. The fourth-order valence-electron chi connectivity index (χ4n) is 2.64. The summed E-state index contributed by atoms with van der Waals surface area (Å²) in [5, 5.41) is 25.0. The van der Waals surface area contributed by atoms with Crippen LogP contribution in [0.25, 0.3) is 5.69 Å². The average molecular weight is 490 g/mol. The highest BCUT2D eigenvalue weighted by Gasteiger charge is 2.18. The third-order valence-electron chi connectivity index (χ3n) is 4.04. The normalized spacial score (nSPS) is 10.8. The topological polar surface area (TPSA) is 115 Å². The minimum Gasteiger partial charge on any atom is -0.344 e. The molecule has 0 spiro atoms. The van der Waals surface area contributed by atoms with E-state index < -0.39 is 0 Å². The quantitative estimate of drug-likeness (QED) is 0.365. The van der Waals surface area contributed by atoms with E-state index in [-0.39, 0.29) is 29.9 Å². The molecule has 0 aliphatic rings. The summed E-state index contributed by atoms with van der Waals surface area (Å²) in [6.07, 6.45) is 0. The van der Waals surface area contributed by atoms with Crippen molar-refractivity contribution in [2.45, 2.75) is 18.6 Å². The van der Waals surface area contributed by atoms with Gasteiger partial charge in [-0.3, -0.25) is 19.5 Å². The van der Waals surface area contributed by atoms with Crippen LogP contribution in [-0.2, 0) is 11.3 Å². The molecule has 9 nitrogen and oxygen atoms in total. The van der Waals surface area contributed by atoms with Gasteiger partial charge in [0.15, 0.2) is 11.0 Å². The molecule has 0 saturated heterocycles. The Morgan fingerprint density at radius 1 is 1.12 bits per heavy atom. The Morgan fingerprint density at radius 2 is 1.94 bits per heavy atom. The lowest BCUT2D eigenvalue weighted by atomic mass is 10.3. The number of benzene rings is 1. The van der Waals surface area contributed by atoms with Gasteiger partial charge in [0.25, 0.3) is 5.91 Å². The molecule has 0 radical (unpaired) electrons. The Morgan fingerprint density at radius 3 is 2.62 bits per heavy atom. The molecule has 32 heavy (non-hydrogen) atoms. The van der Waals surface area contributed by atoms with Gasteiger partial charge in [0.2, 0.25) is 11.0 Å². The van der Waals surface area contributed by atoms with E-state index in [1.54, 1.807) is 35.8 Å². The zero-order chi connectivity index (χ0) is 22.5. The van der Waals surface area contributed by atoms with Crippen LogP contribution in [0.3, 0.4) is 0 Å². The van der Waals surface area contributed by atoms with E-state index >= 15 is 0 Å². The van der Waals surface area contributed by atoms with Gasteiger partial charge in [-0.25, -0.2) is 4.39 Å². The number of amides is 2. The van der Waals surface area contributed by atoms with Crippen LogP contribution in [0.2, 0.25) is 0 Å². The van der Waals surface area contributed by atoms with Crippen molar-refractivity contribution in [1.29, 1.82) is 0 Å².